The van der Waals surface area contributed by atoms with Crippen molar-refractivity contribution in [1.29, 1.82) is 0 Å². The molecule has 2 aliphatic carbocycles. The maximum atomic E-state index is 12.4. The van der Waals surface area contributed by atoms with Crippen molar-refractivity contribution in [2.24, 2.45) is 0 Å². The van der Waals surface area contributed by atoms with Crippen LogP contribution in [0.3, 0.4) is 0 Å². The average Bonchev–Trinajstić information content (AvgIpc) is 2.68. The molecule has 30 heavy (non-hydrogen) atoms. The molecule has 0 amide bonds. The summed E-state index contributed by atoms with van der Waals surface area (Å²) < 4.78 is 46.8. The normalized spacial score (nSPS) is 18.9. The number of allylic oxidation sites excluding steroid dienone is 6. The first-order chi connectivity index (χ1) is 14.3. The molecular formula is C22H28O6P2. The number of rotatable bonds is 8. The second kappa shape index (κ2) is 10.2. The summed E-state index contributed by atoms with van der Waals surface area (Å²) in [5.74, 6) is 1.89. The Balaban J connectivity index is 1.61. The number of hydrogen-bond acceptors (Lipinski definition) is 6. The molecule has 0 aromatic heterocycles. The van der Waals surface area contributed by atoms with Crippen molar-refractivity contribution in [2.45, 2.75) is 53.4 Å². The molecule has 0 radical (unpaired) electrons. The van der Waals surface area contributed by atoms with Crippen molar-refractivity contribution in [2.75, 3.05) is 0 Å². The third-order valence-electron chi connectivity index (χ3n) is 5.01. The van der Waals surface area contributed by atoms with Gasteiger partial charge in [0.1, 0.15) is 23.0 Å². The molecule has 0 fully saturated rings. The van der Waals surface area contributed by atoms with Gasteiger partial charge >= 0.3 is 16.5 Å². The first-order valence-electron chi connectivity index (χ1n) is 9.96. The average molecular weight is 450 g/mol. The lowest BCUT2D eigenvalue weighted by Crippen LogP contribution is -2.00. The summed E-state index contributed by atoms with van der Waals surface area (Å²) in [6, 6.07) is 6.47. The molecule has 3 rings (SSSR count). The van der Waals surface area contributed by atoms with E-state index >= 15 is 0 Å². The Hall–Kier alpha value is -2.16. The van der Waals surface area contributed by atoms with Crippen LogP contribution in [0.2, 0.25) is 0 Å². The van der Waals surface area contributed by atoms with Crippen molar-refractivity contribution in [3.63, 3.8) is 0 Å². The molecule has 0 spiro atoms. The van der Waals surface area contributed by atoms with E-state index in [4.69, 9.17) is 18.1 Å². The second-order valence-electron chi connectivity index (χ2n) is 7.45. The predicted molar refractivity (Wildman–Crippen MR) is 119 cm³/mol. The Morgan fingerprint density at radius 2 is 1.13 bits per heavy atom. The largest absolute Gasteiger partial charge is 0.418 e. The molecule has 162 valence electrons. The Bertz CT molecular complexity index is 912. The molecule has 0 saturated carbocycles. The third kappa shape index (κ3) is 5.93. The maximum Gasteiger partial charge on any atom is 0.418 e. The van der Waals surface area contributed by atoms with E-state index in [9.17, 15) is 9.13 Å². The first-order valence-corrected chi connectivity index (χ1v) is 12.4. The van der Waals surface area contributed by atoms with Crippen LogP contribution in [0.15, 0.2) is 70.2 Å². The molecule has 0 heterocycles. The van der Waals surface area contributed by atoms with Crippen LogP contribution in [0.1, 0.15) is 53.4 Å². The molecule has 0 aliphatic heterocycles. The van der Waals surface area contributed by atoms with Gasteiger partial charge in [-0.3, -0.25) is 0 Å². The smallest absolute Gasteiger partial charge is 0.418 e. The Labute approximate surface area is 179 Å². The van der Waals surface area contributed by atoms with Gasteiger partial charge in [0.05, 0.1) is 0 Å². The van der Waals surface area contributed by atoms with Gasteiger partial charge in [0, 0.05) is 6.07 Å². The number of hydrogen-bond donors (Lipinski definition) is 0. The zero-order valence-electron chi connectivity index (χ0n) is 17.7. The summed E-state index contributed by atoms with van der Waals surface area (Å²) in [5.41, 5.74) is 4.04. The summed E-state index contributed by atoms with van der Waals surface area (Å²) in [6.07, 6.45) is 7.79. The topological polar surface area (TPSA) is 71.1 Å². The molecule has 0 saturated heterocycles. The van der Waals surface area contributed by atoms with Gasteiger partial charge in [-0.2, -0.15) is 0 Å². The van der Waals surface area contributed by atoms with Crippen molar-refractivity contribution >= 4 is 16.5 Å². The molecule has 6 nitrogen and oxygen atoms in total. The fourth-order valence-electron chi connectivity index (χ4n) is 3.43. The van der Waals surface area contributed by atoms with Crippen LogP contribution >= 0.6 is 16.5 Å². The third-order valence-corrected chi connectivity index (χ3v) is 6.56. The molecule has 0 N–H and O–H groups in total. The molecule has 8 heteroatoms. The van der Waals surface area contributed by atoms with Gasteiger partial charge in [0.25, 0.3) is 0 Å². The van der Waals surface area contributed by atoms with E-state index in [0.29, 0.717) is 23.0 Å². The first kappa shape index (κ1) is 22.5. The summed E-state index contributed by atoms with van der Waals surface area (Å²) in [4.78, 5) is 0. The van der Waals surface area contributed by atoms with E-state index in [0.717, 1.165) is 48.0 Å². The van der Waals surface area contributed by atoms with Crippen LogP contribution in [0.25, 0.3) is 0 Å². The zero-order chi connectivity index (χ0) is 21.7. The Morgan fingerprint density at radius 3 is 1.53 bits per heavy atom. The minimum atomic E-state index is -2.81. The van der Waals surface area contributed by atoms with Crippen LogP contribution < -0.4 is 9.05 Å². The van der Waals surface area contributed by atoms with Gasteiger partial charge in [0.2, 0.25) is 0 Å². The van der Waals surface area contributed by atoms with Crippen molar-refractivity contribution in [3.8, 4) is 11.5 Å². The van der Waals surface area contributed by atoms with Crippen LogP contribution in [-0.4, -0.2) is 0 Å². The highest BCUT2D eigenvalue weighted by molar-refractivity contribution is 7.34. The molecule has 1 aromatic rings. The lowest BCUT2D eigenvalue weighted by molar-refractivity contribution is 0.352. The number of benzene rings is 1. The molecular weight excluding hydrogens is 422 g/mol. The highest BCUT2D eigenvalue weighted by atomic mass is 31.1. The minimum Gasteiger partial charge on any atom is -0.418 e. The lowest BCUT2D eigenvalue weighted by atomic mass is 10.00. The minimum absolute atomic E-state index is 0.311. The van der Waals surface area contributed by atoms with Crippen molar-refractivity contribution in [1.82, 2.24) is 0 Å². The van der Waals surface area contributed by atoms with Gasteiger partial charge in [-0.1, -0.05) is 18.2 Å². The zero-order valence-corrected chi connectivity index (χ0v) is 19.7. The van der Waals surface area contributed by atoms with Gasteiger partial charge in [-0.25, -0.2) is 9.13 Å². The van der Waals surface area contributed by atoms with Gasteiger partial charge in [0.15, 0.2) is 0 Å². The second-order valence-corrected chi connectivity index (χ2v) is 9.27. The molecule has 1 aromatic carbocycles. The van der Waals surface area contributed by atoms with E-state index in [1.807, 2.05) is 27.7 Å². The van der Waals surface area contributed by atoms with Crippen LogP contribution in [0.4, 0.5) is 0 Å². The van der Waals surface area contributed by atoms with Gasteiger partial charge in [-0.05, 0) is 87.8 Å². The predicted octanol–water partition coefficient (Wildman–Crippen LogP) is 7.29. The Morgan fingerprint density at radius 1 is 0.700 bits per heavy atom. The molecule has 2 unspecified atom stereocenters. The van der Waals surface area contributed by atoms with Gasteiger partial charge in [-0.15, -0.1) is 0 Å². The molecule has 2 atom stereocenters. The molecule has 0 bridgehead atoms. The van der Waals surface area contributed by atoms with E-state index in [-0.39, 0.29) is 0 Å². The molecule has 2 aliphatic rings. The van der Waals surface area contributed by atoms with Gasteiger partial charge < -0.3 is 18.1 Å². The SMILES string of the molecule is CC1=CCCC(C)=C1O[PH](=O)Oc1cccc(O[PH](=O)OC2=C(C)CCC=C2C)c1. The standard InChI is InChI=1S/C22H28O6P2/c1-15-8-5-9-16(2)21(15)27-29(23)25-19-12-7-13-20(14-19)26-30(24)28-22-17(3)10-6-11-18(22)4/h7-8,10,12-14,29-30H,5-6,9,11H2,1-4H3. The van der Waals surface area contributed by atoms with E-state index in [2.05, 4.69) is 12.2 Å². The Kier molecular flexibility index (Phi) is 7.69. The van der Waals surface area contributed by atoms with E-state index in [1.54, 1.807) is 18.2 Å². The summed E-state index contributed by atoms with van der Waals surface area (Å²) in [6.45, 7) is 7.79. The lowest BCUT2D eigenvalue weighted by Gasteiger charge is -2.19. The van der Waals surface area contributed by atoms with E-state index in [1.165, 1.54) is 6.07 Å². The highest BCUT2D eigenvalue weighted by Gasteiger charge is 2.17. The van der Waals surface area contributed by atoms with E-state index < -0.39 is 16.5 Å². The monoisotopic (exact) mass is 450 g/mol. The fraction of sp³-hybridized carbons (Fsp3) is 0.364. The summed E-state index contributed by atoms with van der Waals surface area (Å²) >= 11 is 0. The van der Waals surface area contributed by atoms with Crippen LogP contribution in [-0.2, 0) is 18.2 Å². The highest BCUT2D eigenvalue weighted by Crippen LogP contribution is 2.40. The van der Waals surface area contributed by atoms with Crippen molar-refractivity contribution < 1.29 is 27.2 Å². The fourth-order valence-corrected chi connectivity index (χ4v) is 5.16. The maximum absolute atomic E-state index is 12.4. The quantitative estimate of drug-likeness (QED) is 0.388. The van der Waals surface area contributed by atoms with Crippen LogP contribution in [0.5, 0.6) is 11.5 Å². The summed E-state index contributed by atoms with van der Waals surface area (Å²) in [5, 5.41) is 0. The van der Waals surface area contributed by atoms with Crippen LogP contribution in [0, 0.1) is 0 Å². The van der Waals surface area contributed by atoms with Crippen molar-refractivity contribution in [3.05, 3.63) is 70.2 Å². The summed E-state index contributed by atoms with van der Waals surface area (Å²) in [7, 11) is -5.61.